The summed E-state index contributed by atoms with van der Waals surface area (Å²) in [5.74, 6) is 1.36. The molecule has 1 fully saturated rings. The molecular formula is C10H14O. The van der Waals surface area contributed by atoms with Gasteiger partial charge in [0.05, 0.1) is 6.10 Å². The maximum Gasteiger partial charge on any atom is 0.0727 e. The van der Waals surface area contributed by atoms with E-state index in [9.17, 15) is 5.11 Å². The first-order chi connectivity index (χ1) is 5.20. The normalized spacial score (nSPS) is 40.3. The van der Waals surface area contributed by atoms with Gasteiger partial charge >= 0.3 is 0 Å². The summed E-state index contributed by atoms with van der Waals surface area (Å²) in [5, 5.41) is 9.30. The number of fused-ring (bicyclic) bond motifs is 1. The molecule has 0 aliphatic heterocycles. The zero-order valence-corrected chi connectivity index (χ0v) is 7.04. The summed E-state index contributed by atoms with van der Waals surface area (Å²) in [7, 11) is 0. The van der Waals surface area contributed by atoms with Crippen LogP contribution in [-0.2, 0) is 0 Å². The Morgan fingerprint density at radius 3 is 2.73 bits per heavy atom. The van der Waals surface area contributed by atoms with Crippen molar-refractivity contribution in [1.29, 1.82) is 0 Å². The van der Waals surface area contributed by atoms with E-state index in [-0.39, 0.29) is 6.10 Å². The SMILES string of the molecule is CC(C)=C1C2C=CC(O)CC12. The summed E-state index contributed by atoms with van der Waals surface area (Å²) in [6.07, 6.45) is 4.84. The maximum absolute atomic E-state index is 9.30. The lowest BCUT2D eigenvalue weighted by molar-refractivity contribution is 0.199. The van der Waals surface area contributed by atoms with Gasteiger partial charge in [-0.15, -0.1) is 0 Å². The predicted octanol–water partition coefficient (Wildman–Crippen LogP) is 1.89. The molecule has 0 aromatic heterocycles. The van der Waals surface area contributed by atoms with Crippen molar-refractivity contribution in [2.75, 3.05) is 0 Å². The Morgan fingerprint density at radius 2 is 2.18 bits per heavy atom. The molecule has 2 rings (SSSR count). The van der Waals surface area contributed by atoms with Crippen molar-refractivity contribution < 1.29 is 5.11 Å². The number of aliphatic hydroxyl groups is 1. The van der Waals surface area contributed by atoms with Gasteiger partial charge in [0.1, 0.15) is 0 Å². The van der Waals surface area contributed by atoms with Crippen LogP contribution in [0.25, 0.3) is 0 Å². The van der Waals surface area contributed by atoms with Crippen molar-refractivity contribution in [2.45, 2.75) is 26.4 Å². The van der Waals surface area contributed by atoms with E-state index >= 15 is 0 Å². The molecule has 2 aliphatic carbocycles. The second-order valence-corrected chi connectivity index (χ2v) is 3.78. The molecule has 0 spiro atoms. The van der Waals surface area contributed by atoms with Crippen molar-refractivity contribution >= 4 is 0 Å². The number of aliphatic hydroxyl groups excluding tert-OH is 1. The zero-order valence-electron chi connectivity index (χ0n) is 7.04. The van der Waals surface area contributed by atoms with E-state index in [1.165, 1.54) is 5.57 Å². The molecule has 0 heterocycles. The second-order valence-electron chi connectivity index (χ2n) is 3.78. The number of hydrogen-bond donors (Lipinski definition) is 1. The molecule has 3 unspecified atom stereocenters. The van der Waals surface area contributed by atoms with Crippen LogP contribution in [0, 0.1) is 11.8 Å². The predicted molar refractivity (Wildman–Crippen MR) is 45.1 cm³/mol. The van der Waals surface area contributed by atoms with Crippen LogP contribution < -0.4 is 0 Å². The Kier molecular flexibility index (Phi) is 1.43. The standard InChI is InChI=1S/C10H14O/c1-6(2)10-8-4-3-7(11)5-9(8)10/h3-4,7-9,11H,5H2,1-2H3. The van der Waals surface area contributed by atoms with Crippen molar-refractivity contribution in [3.05, 3.63) is 23.3 Å². The molecule has 11 heavy (non-hydrogen) atoms. The van der Waals surface area contributed by atoms with Crippen molar-refractivity contribution in [3.8, 4) is 0 Å². The van der Waals surface area contributed by atoms with Gasteiger partial charge in [-0.05, 0) is 26.2 Å². The number of hydrogen-bond acceptors (Lipinski definition) is 1. The minimum Gasteiger partial charge on any atom is -0.389 e. The first-order valence-electron chi connectivity index (χ1n) is 4.24. The highest BCUT2D eigenvalue weighted by molar-refractivity contribution is 5.40. The Morgan fingerprint density at radius 1 is 1.45 bits per heavy atom. The van der Waals surface area contributed by atoms with Crippen molar-refractivity contribution in [2.24, 2.45) is 11.8 Å². The molecule has 1 heteroatoms. The van der Waals surface area contributed by atoms with Crippen LogP contribution in [0.15, 0.2) is 23.3 Å². The highest BCUT2D eigenvalue weighted by atomic mass is 16.3. The van der Waals surface area contributed by atoms with E-state index in [2.05, 4.69) is 19.9 Å². The molecule has 0 saturated heterocycles. The van der Waals surface area contributed by atoms with Crippen LogP contribution in [0.2, 0.25) is 0 Å². The largest absolute Gasteiger partial charge is 0.389 e. The first kappa shape index (κ1) is 7.11. The first-order valence-corrected chi connectivity index (χ1v) is 4.24. The molecule has 0 aromatic carbocycles. The average Bonchev–Trinajstić information content (AvgIpc) is 2.60. The molecule has 3 atom stereocenters. The third-order valence-corrected chi connectivity index (χ3v) is 2.70. The van der Waals surface area contributed by atoms with Gasteiger partial charge in [-0.25, -0.2) is 0 Å². The summed E-state index contributed by atoms with van der Waals surface area (Å²) in [4.78, 5) is 0. The lowest BCUT2D eigenvalue weighted by atomic mass is 10.1. The van der Waals surface area contributed by atoms with Crippen LogP contribution in [0.1, 0.15) is 20.3 Å². The monoisotopic (exact) mass is 150 g/mol. The molecule has 1 nitrogen and oxygen atoms in total. The van der Waals surface area contributed by atoms with E-state index in [4.69, 9.17) is 0 Å². The van der Waals surface area contributed by atoms with Crippen LogP contribution >= 0.6 is 0 Å². The van der Waals surface area contributed by atoms with E-state index in [0.29, 0.717) is 11.8 Å². The molecule has 1 saturated carbocycles. The zero-order chi connectivity index (χ0) is 8.01. The molecule has 0 amide bonds. The Labute approximate surface area is 67.4 Å². The fourth-order valence-electron chi connectivity index (χ4n) is 2.14. The van der Waals surface area contributed by atoms with Gasteiger partial charge in [-0.1, -0.05) is 23.3 Å². The fourth-order valence-corrected chi connectivity index (χ4v) is 2.14. The lowest BCUT2D eigenvalue weighted by Gasteiger charge is -2.06. The molecule has 2 aliphatic rings. The topological polar surface area (TPSA) is 20.2 Å². The second kappa shape index (κ2) is 2.21. The van der Waals surface area contributed by atoms with Gasteiger partial charge < -0.3 is 5.11 Å². The molecule has 1 N–H and O–H groups in total. The number of allylic oxidation sites excluding steroid dienone is 3. The van der Waals surface area contributed by atoms with Crippen LogP contribution in [0.4, 0.5) is 0 Å². The quantitative estimate of drug-likeness (QED) is 0.523. The molecule has 0 bridgehead atoms. The third-order valence-electron chi connectivity index (χ3n) is 2.70. The lowest BCUT2D eigenvalue weighted by Crippen LogP contribution is -2.06. The van der Waals surface area contributed by atoms with E-state index in [0.717, 1.165) is 6.42 Å². The maximum atomic E-state index is 9.30. The van der Waals surface area contributed by atoms with E-state index < -0.39 is 0 Å². The van der Waals surface area contributed by atoms with E-state index in [1.54, 1.807) is 5.57 Å². The number of rotatable bonds is 0. The van der Waals surface area contributed by atoms with E-state index in [1.807, 2.05) is 6.08 Å². The van der Waals surface area contributed by atoms with Gasteiger partial charge in [0, 0.05) is 5.92 Å². The Hall–Kier alpha value is -0.560. The molecule has 0 radical (unpaired) electrons. The molecule has 0 aromatic rings. The third kappa shape index (κ3) is 1.04. The van der Waals surface area contributed by atoms with Gasteiger partial charge in [0.15, 0.2) is 0 Å². The van der Waals surface area contributed by atoms with Crippen LogP contribution in [-0.4, -0.2) is 11.2 Å². The Bertz CT molecular complexity index is 233. The smallest absolute Gasteiger partial charge is 0.0727 e. The highest BCUT2D eigenvalue weighted by Gasteiger charge is 2.45. The fraction of sp³-hybridized carbons (Fsp3) is 0.600. The van der Waals surface area contributed by atoms with Gasteiger partial charge in [0.25, 0.3) is 0 Å². The molecule has 60 valence electrons. The highest BCUT2D eigenvalue weighted by Crippen LogP contribution is 2.53. The van der Waals surface area contributed by atoms with Gasteiger partial charge in [0.2, 0.25) is 0 Å². The summed E-state index contributed by atoms with van der Waals surface area (Å²) >= 11 is 0. The summed E-state index contributed by atoms with van der Waals surface area (Å²) < 4.78 is 0. The minimum absolute atomic E-state index is 0.187. The summed E-state index contributed by atoms with van der Waals surface area (Å²) in [6, 6.07) is 0. The minimum atomic E-state index is -0.187. The molecular weight excluding hydrogens is 136 g/mol. The van der Waals surface area contributed by atoms with Crippen LogP contribution in [0.5, 0.6) is 0 Å². The van der Waals surface area contributed by atoms with Gasteiger partial charge in [-0.2, -0.15) is 0 Å². The van der Waals surface area contributed by atoms with Crippen LogP contribution in [0.3, 0.4) is 0 Å². The van der Waals surface area contributed by atoms with Crippen molar-refractivity contribution in [3.63, 3.8) is 0 Å². The summed E-state index contributed by atoms with van der Waals surface area (Å²) in [5.41, 5.74) is 3.01. The van der Waals surface area contributed by atoms with Gasteiger partial charge in [-0.3, -0.25) is 0 Å². The average molecular weight is 150 g/mol. The Balaban J connectivity index is 2.20. The summed E-state index contributed by atoms with van der Waals surface area (Å²) in [6.45, 7) is 4.32. The van der Waals surface area contributed by atoms with Crippen molar-refractivity contribution in [1.82, 2.24) is 0 Å².